The third-order valence-corrected chi connectivity index (χ3v) is 5.20. The molecule has 1 aliphatic heterocycles. The maximum Gasteiger partial charge on any atom is 0.310 e. The largest absolute Gasteiger partial charge is 0.462 e. The van der Waals surface area contributed by atoms with Crippen LogP contribution in [0, 0.1) is 23.7 Å². The molecule has 0 radical (unpaired) electrons. The molecule has 3 fully saturated rings. The number of carbonyl (C=O) groups excluding carboxylic acids is 3. The molecule has 0 unspecified atom stereocenters. The van der Waals surface area contributed by atoms with E-state index in [1.807, 2.05) is 6.07 Å². The number of benzene rings is 1. The highest BCUT2D eigenvalue weighted by Gasteiger charge is 2.64. The molecule has 114 valence electrons. The van der Waals surface area contributed by atoms with Gasteiger partial charge in [0.2, 0.25) is 0 Å². The molecule has 1 aromatic carbocycles. The monoisotopic (exact) mass is 300 g/mol. The van der Waals surface area contributed by atoms with E-state index in [1.54, 1.807) is 24.3 Å². The van der Waals surface area contributed by atoms with Crippen molar-refractivity contribution in [3.63, 3.8) is 0 Å². The molecule has 5 atom stereocenters. The maximum absolute atomic E-state index is 12.3. The van der Waals surface area contributed by atoms with Crippen molar-refractivity contribution in [3.05, 3.63) is 35.9 Å². The van der Waals surface area contributed by atoms with Crippen LogP contribution in [0.25, 0.3) is 0 Å². The molecule has 2 bridgehead atoms. The van der Waals surface area contributed by atoms with Crippen LogP contribution in [0.4, 0.5) is 0 Å². The molecule has 2 aliphatic carbocycles. The van der Waals surface area contributed by atoms with Crippen molar-refractivity contribution in [2.45, 2.75) is 18.9 Å². The lowest BCUT2D eigenvalue weighted by Crippen LogP contribution is -2.34. The average molecular weight is 300 g/mol. The Morgan fingerprint density at radius 1 is 1.18 bits per heavy atom. The van der Waals surface area contributed by atoms with Crippen molar-refractivity contribution in [2.75, 3.05) is 6.61 Å². The predicted molar refractivity (Wildman–Crippen MR) is 74.8 cm³/mol. The third-order valence-electron chi connectivity index (χ3n) is 5.20. The first-order chi connectivity index (χ1) is 10.6. The van der Waals surface area contributed by atoms with Crippen molar-refractivity contribution >= 4 is 17.7 Å². The molecule has 0 N–H and O–H groups in total. The summed E-state index contributed by atoms with van der Waals surface area (Å²) in [6.45, 7) is -0.276. The van der Waals surface area contributed by atoms with Crippen LogP contribution in [0.2, 0.25) is 0 Å². The van der Waals surface area contributed by atoms with Crippen LogP contribution >= 0.6 is 0 Å². The SMILES string of the molecule is O=C(COC(=O)[C@@H]1[C@@H]2C[C@@H]3[C@H]1C(=O)O[C@H]3C2)c1ccccc1. The predicted octanol–water partition coefficient (Wildman–Crippen LogP) is 1.61. The Morgan fingerprint density at radius 2 is 1.95 bits per heavy atom. The number of carbonyl (C=O) groups is 3. The summed E-state index contributed by atoms with van der Waals surface area (Å²) in [5.74, 6) is -1.40. The van der Waals surface area contributed by atoms with E-state index in [9.17, 15) is 14.4 Å². The number of ketones is 1. The zero-order chi connectivity index (χ0) is 15.3. The number of esters is 2. The molecule has 0 spiro atoms. The van der Waals surface area contributed by atoms with Gasteiger partial charge in [0.05, 0.1) is 11.8 Å². The highest BCUT2D eigenvalue weighted by atomic mass is 16.6. The van der Waals surface area contributed by atoms with Gasteiger partial charge in [0.1, 0.15) is 6.10 Å². The van der Waals surface area contributed by atoms with Gasteiger partial charge < -0.3 is 9.47 Å². The van der Waals surface area contributed by atoms with E-state index >= 15 is 0 Å². The molecule has 22 heavy (non-hydrogen) atoms. The summed E-state index contributed by atoms with van der Waals surface area (Å²) < 4.78 is 10.5. The molecular formula is C17H16O5. The van der Waals surface area contributed by atoms with Gasteiger partial charge in [-0.15, -0.1) is 0 Å². The Bertz CT molecular complexity index is 636. The summed E-state index contributed by atoms with van der Waals surface area (Å²) in [6.07, 6.45) is 1.60. The Balaban J connectivity index is 1.41. The first-order valence-corrected chi connectivity index (χ1v) is 7.60. The Hall–Kier alpha value is -2.17. The molecule has 5 nitrogen and oxygen atoms in total. The lowest BCUT2D eigenvalue weighted by atomic mass is 9.80. The minimum absolute atomic E-state index is 0.00231. The second kappa shape index (κ2) is 4.93. The van der Waals surface area contributed by atoms with Crippen molar-refractivity contribution in [2.24, 2.45) is 23.7 Å². The van der Waals surface area contributed by atoms with Gasteiger partial charge in [0, 0.05) is 11.5 Å². The van der Waals surface area contributed by atoms with Crippen molar-refractivity contribution in [1.82, 2.24) is 0 Å². The Morgan fingerprint density at radius 3 is 2.73 bits per heavy atom. The van der Waals surface area contributed by atoms with Crippen LogP contribution in [0.15, 0.2) is 30.3 Å². The molecule has 3 aliphatic rings. The Kier molecular flexibility index (Phi) is 3.03. The first-order valence-electron chi connectivity index (χ1n) is 7.60. The van der Waals surface area contributed by atoms with Crippen molar-refractivity contribution in [1.29, 1.82) is 0 Å². The lowest BCUT2D eigenvalue weighted by Gasteiger charge is -2.22. The number of fused-ring (bicyclic) bond motifs is 1. The fourth-order valence-corrected chi connectivity index (χ4v) is 4.27. The van der Waals surface area contributed by atoms with E-state index in [0.29, 0.717) is 5.56 Å². The molecule has 5 heteroatoms. The zero-order valence-electron chi connectivity index (χ0n) is 11.9. The van der Waals surface area contributed by atoms with Gasteiger partial charge in [-0.1, -0.05) is 30.3 Å². The number of ether oxygens (including phenoxy) is 2. The second-order valence-corrected chi connectivity index (χ2v) is 6.32. The lowest BCUT2D eigenvalue weighted by molar-refractivity contribution is -0.154. The molecule has 4 rings (SSSR count). The maximum atomic E-state index is 12.3. The quantitative estimate of drug-likeness (QED) is 0.624. The van der Waals surface area contributed by atoms with Crippen LogP contribution in [0.3, 0.4) is 0 Å². The van der Waals surface area contributed by atoms with Crippen LogP contribution in [-0.2, 0) is 19.1 Å². The van der Waals surface area contributed by atoms with Gasteiger partial charge in [-0.2, -0.15) is 0 Å². The van der Waals surface area contributed by atoms with E-state index in [0.717, 1.165) is 12.8 Å². The fraction of sp³-hybridized carbons (Fsp3) is 0.471. The van der Waals surface area contributed by atoms with Gasteiger partial charge in [0.15, 0.2) is 12.4 Å². The molecule has 2 saturated carbocycles. The van der Waals surface area contributed by atoms with Crippen LogP contribution in [0.1, 0.15) is 23.2 Å². The van der Waals surface area contributed by atoms with E-state index in [2.05, 4.69) is 0 Å². The third kappa shape index (κ3) is 1.95. The van der Waals surface area contributed by atoms with E-state index in [1.165, 1.54) is 0 Å². The zero-order valence-corrected chi connectivity index (χ0v) is 11.9. The minimum atomic E-state index is -0.431. The summed E-state index contributed by atoms with van der Waals surface area (Å²) >= 11 is 0. The number of Topliss-reactive ketones (excluding diaryl/α,β-unsaturated/α-hetero) is 1. The highest BCUT2D eigenvalue weighted by Crippen LogP contribution is 2.57. The molecule has 0 aromatic heterocycles. The Labute approximate surface area is 127 Å². The van der Waals surface area contributed by atoms with Gasteiger partial charge >= 0.3 is 11.9 Å². The number of hydrogen-bond acceptors (Lipinski definition) is 5. The fourth-order valence-electron chi connectivity index (χ4n) is 4.27. The van der Waals surface area contributed by atoms with E-state index < -0.39 is 11.9 Å². The van der Waals surface area contributed by atoms with E-state index in [-0.39, 0.29) is 42.2 Å². The standard InChI is InChI=1S/C17H16O5/c18-12(9-4-2-1-3-5-9)8-21-16(19)14-10-6-11-13(7-10)22-17(20)15(11)14/h1-5,10-11,13-15H,6-8H2/t10-,11+,13+,14-,15-/m1/s1. The first kappa shape index (κ1) is 13.5. The summed E-state index contributed by atoms with van der Waals surface area (Å²) in [4.78, 5) is 36.2. The summed E-state index contributed by atoms with van der Waals surface area (Å²) in [6, 6.07) is 8.72. The summed E-state index contributed by atoms with van der Waals surface area (Å²) in [5, 5.41) is 0. The molecule has 0 amide bonds. The molecule has 1 saturated heterocycles. The van der Waals surface area contributed by atoms with Crippen LogP contribution in [-0.4, -0.2) is 30.4 Å². The van der Waals surface area contributed by atoms with Gasteiger partial charge in [-0.25, -0.2) is 0 Å². The topological polar surface area (TPSA) is 69.7 Å². The van der Waals surface area contributed by atoms with Crippen molar-refractivity contribution in [3.8, 4) is 0 Å². The van der Waals surface area contributed by atoms with Crippen molar-refractivity contribution < 1.29 is 23.9 Å². The minimum Gasteiger partial charge on any atom is -0.462 e. The van der Waals surface area contributed by atoms with Gasteiger partial charge in [0.25, 0.3) is 0 Å². The summed E-state index contributed by atoms with van der Waals surface area (Å²) in [5.41, 5.74) is 0.517. The highest BCUT2D eigenvalue weighted by molar-refractivity contribution is 5.98. The normalized spacial score (nSPS) is 34.5. The molecular weight excluding hydrogens is 284 g/mol. The van der Waals surface area contributed by atoms with E-state index in [4.69, 9.17) is 9.47 Å². The molecule has 1 heterocycles. The smallest absolute Gasteiger partial charge is 0.310 e. The number of hydrogen-bond donors (Lipinski definition) is 0. The van der Waals surface area contributed by atoms with Gasteiger partial charge in [-0.3, -0.25) is 14.4 Å². The van der Waals surface area contributed by atoms with Crippen LogP contribution in [0.5, 0.6) is 0 Å². The summed E-state index contributed by atoms with van der Waals surface area (Å²) in [7, 11) is 0. The molecule has 1 aromatic rings. The average Bonchev–Trinajstić information content (AvgIpc) is 3.15. The van der Waals surface area contributed by atoms with Crippen LogP contribution < -0.4 is 0 Å². The van der Waals surface area contributed by atoms with Gasteiger partial charge in [-0.05, 0) is 18.8 Å². The second-order valence-electron chi connectivity index (χ2n) is 6.32. The number of rotatable bonds is 4.